The summed E-state index contributed by atoms with van der Waals surface area (Å²) in [4.78, 5) is 17.1. The molecule has 2 aromatic heterocycles. The molecule has 30 heavy (non-hydrogen) atoms. The number of hydrogen-bond acceptors (Lipinski definition) is 6. The van der Waals surface area contributed by atoms with Gasteiger partial charge in [0.25, 0.3) is 5.91 Å². The lowest BCUT2D eigenvalue weighted by Crippen LogP contribution is -2.31. The number of thioether (sulfide) groups is 1. The van der Waals surface area contributed by atoms with Crippen LogP contribution < -0.4 is 14.8 Å². The van der Waals surface area contributed by atoms with Crippen molar-refractivity contribution in [3.8, 4) is 11.5 Å². The van der Waals surface area contributed by atoms with E-state index < -0.39 is 0 Å². The zero-order valence-electron chi connectivity index (χ0n) is 17.3. The van der Waals surface area contributed by atoms with Crippen molar-refractivity contribution in [1.82, 2.24) is 14.9 Å². The monoisotopic (exact) mass is 427 g/mol. The minimum absolute atomic E-state index is 0.177. The molecule has 8 heteroatoms. The van der Waals surface area contributed by atoms with E-state index in [1.807, 2.05) is 42.1 Å². The van der Waals surface area contributed by atoms with Gasteiger partial charge in [-0.2, -0.15) is 0 Å². The maximum Gasteiger partial charge on any atom is 0.287 e. The summed E-state index contributed by atoms with van der Waals surface area (Å²) in [5, 5.41) is 3.99. The van der Waals surface area contributed by atoms with Gasteiger partial charge in [-0.3, -0.25) is 4.79 Å². The molecule has 1 N–H and O–H groups in total. The molecule has 0 radical (unpaired) electrons. The van der Waals surface area contributed by atoms with E-state index in [1.165, 1.54) is 0 Å². The van der Waals surface area contributed by atoms with Crippen molar-refractivity contribution in [2.24, 2.45) is 13.0 Å². The molecule has 1 aliphatic heterocycles. The number of amides is 1. The zero-order valence-corrected chi connectivity index (χ0v) is 18.1. The molecule has 158 valence electrons. The predicted octanol–water partition coefficient (Wildman–Crippen LogP) is 4.20. The summed E-state index contributed by atoms with van der Waals surface area (Å²) in [6.45, 7) is 5.22. The number of hydrogen-bond donors (Lipinski definition) is 1. The van der Waals surface area contributed by atoms with E-state index >= 15 is 0 Å². The van der Waals surface area contributed by atoms with Gasteiger partial charge < -0.3 is 23.8 Å². The number of carbonyl (C=O) groups is 1. The Morgan fingerprint density at radius 2 is 2.00 bits per heavy atom. The second kappa shape index (κ2) is 8.87. The van der Waals surface area contributed by atoms with Crippen molar-refractivity contribution in [2.45, 2.75) is 30.8 Å². The van der Waals surface area contributed by atoms with Crippen LogP contribution in [0.2, 0.25) is 0 Å². The lowest BCUT2D eigenvalue weighted by Gasteiger charge is -2.25. The molecule has 1 aliphatic rings. The van der Waals surface area contributed by atoms with Crippen LogP contribution in [0.5, 0.6) is 11.5 Å². The molecule has 0 fully saturated rings. The first kappa shape index (κ1) is 20.4. The fourth-order valence-electron chi connectivity index (χ4n) is 3.30. The summed E-state index contributed by atoms with van der Waals surface area (Å²) in [7, 11) is 1.94. The molecular formula is C22H25N3O4S. The van der Waals surface area contributed by atoms with E-state index in [-0.39, 0.29) is 17.9 Å². The van der Waals surface area contributed by atoms with Gasteiger partial charge in [0.2, 0.25) is 0 Å². The van der Waals surface area contributed by atoms with Gasteiger partial charge >= 0.3 is 0 Å². The van der Waals surface area contributed by atoms with Crippen molar-refractivity contribution in [3.63, 3.8) is 0 Å². The number of nitrogens with one attached hydrogen (secondary N) is 1. The molecule has 1 aromatic carbocycles. The van der Waals surface area contributed by atoms with E-state index in [0.29, 0.717) is 30.5 Å². The number of carbonyl (C=O) groups excluding carboxylic acids is 1. The van der Waals surface area contributed by atoms with E-state index in [0.717, 1.165) is 22.2 Å². The predicted molar refractivity (Wildman–Crippen MR) is 114 cm³/mol. The largest absolute Gasteiger partial charge is 0.486 e. The molecule has 0 bridgehead atoms. The highest BCUT2D eigenvalue weighted by Gasteiger charge is 2.23. The number of aryl methyl sites for hydroxylation is 1. The highest BCUT2D eigenvalue weighted by molar-refractivity contribution is 7.98. The van der Waals surface area contributed by atoms with Gasteiger partial charge in [0.1, 0.15) is 19.0 Å². The van der Waals surface area contributed by atoms with E-state index in [2.05, 4.69) is 24.1 Å². The quantitative estimate of drug-likeness (QED) is 0.569. The third kappa shape index (κ3) is 4.48. The average Bonchev–Trinajstić information content (AvgIpc) is 3.38. The summed E-state index contributed by atoms with van der Waals surface area (Å²) in [6.07, 6.45) is 3.65. The van der Waals surface area contributed by atoms with Crippen molar-refractivity contribution < 1.29 is 18.7 Å². The van der Waals surface area contributed by atoms with Crippen molar-refractivity contribution in [2.75, 3.05) is 13.2 Å². The van der Waals surface area contributed by atoms with E-state index in [9.17, 15) is 4.79 Å². The van der Waals surface area contributed by atoms with E-state index in [4.69, 9.17) is 13.9 Å². The Morgan fingerprint density at radius 3 is 2.73 bits per heavy atom. The Balaban J connectivity index is 1.43. The Morgan fingerprint density at radius 1 is 1.20 bits per heavy atom. The fourth-order valence-corrected chi connectivity index (χ4v) is 4.13. The van der Waals surface area contributed by atoms with Crippen LogP contribution in [0.1, 0.15) is 41.8 Å². The minimum Gasteiger partial charge on any atom is -0.486 e. The lowest BCUT2D eigenvalue weighted by atomic mass is 9.95. The summed E-state index contributed by atoms with van der Waals surface area (Å²) >= 11 is 1.56. The number of aromatic nitrogens is 2. The molecular weight excluding hydrogens is 402 g/mol. The molecule has 0 saturated carbocycles. The Labute approximate surface area is 179 Å². The number of benzene rings is 1. The summed E-state index contributed by atoms with van der Waals surface area (Å²) in [6, 6.07) is 9.17. The standard InChI is InChI=1S/C22H25N3O4S/c1-14(2)20(15-4-6-17-19(12-15)28-11-10-27-17)24-21(26)18-7-5-16(29-18)13-30-22-23-8-9-25(22)3/h4-9,12,14,20H,10-11,13H2,1-3H3,(H,24,26)/t20-/m0/s1. The third-order valence-corrected chi connectivity index (χ3v) is 5.97. The zero-order chi connectivity index (χ0) is 21.1. The van der Waals surface area contributed by atoms with Gasteiger partial charge in [-0.25, -0.2) is 4.98 Å². The fraction of sp³-hybridized carbons (Fsp3) is 0.364. The molecule has 3 aromatic rings. The Bertz CT molecular complexity index is 1030. The number of furan rings is 1. The van der Waals surface area contributed by atoms with Gasteiger partial charge in [0, 0.05) is 19.4 Å². The second-order valence-electron chi connectivity index (χ2n) is 7.47. The van der Waals surface area contributed by atoms with Crippen LogP contribution in [-0.2, 0) is 12.8 Å². The number of imidazole rings is 1. The number of ether oxygens (including phenoxy) is 2. The molecule has 0 aliphatic carbocycles. The summed E-state index contributed by atoms with van der Waals surface area (Å²) in [5.74, 6) is 3.03. The van der Waals surface area contributed by atoms with Gasteiger partial charge in [0.15, 0.2) is 22.4 Å². The molecule has 3 heterocycles. The molecule has 0 unspecified atom stereocenters. The maximum absolute atomic E-state index is 12.8. The first-order valence-electron chi connectivity index (χ1n) is 9.90. The maximum atomic E-state index is 12.8. The van der Waals surface area contributed by atoms with Crippen LogP contribution in [-0.4, -0.2) is 28.7 Å². The summed E-state index contributed by atoms with van der Waals surface area (Å²) < 4.78 is 19.0. The molecule has 1 atom stereocenters. The molecule has 0 spiro atoms. The summed E-state index contributed by atoms with van der Waals surface area (Å²) in [5.41, 5.74) is 0.972. The van der Waals surface area contributed by atoms with Crippen molar-refractivity contribution in [3.05, 3.63) is 59.8 Å². The first-order valence-corrected chi connectivity index (χ1v) is 10.9. The van der Waals surface area contributed by atoms with Crippen LogP contribution in [0.4, 0.5) is 0 Å². The molecule has 7 nitrogen and oxygen atoms in total. The Kier molecular flexibility index (Phi) is 6.03. The lowest BCUT2D eigenvalue weighted by molar-refractivity contribution is 0.0895. The normalized spacial score (nSPS) is 14.0. The average molecular weight is 428 g/mol. The number of nitrogens with zero attached hydrogens (tertiary/aromatic N) is 2. The number of fused-ring (bicyclic) bond motifs is 1. The van der Waals surface area contributed by atoms with Crippen LogP contribution in [0.25, 0.3) is 0 Å². The van der Waals surface area contributed by atoms with Gasteiger partial charge in [-0.05, 0) is 35.7 Å². The van der Waals surface area contributed by atoms with Crippen molar-refractivity contribution in [1.29, 1.82) is 0 Å². The molecule has 4 rings (SSSR count). The third-order valence-electron chi connectivity index (χ3n) is 4.88. The molecule has 0 saturated heterocycles. The van der Waals surface area contributed by atoms with Gasteiger partial charge in [-0.1, -0.05) is 31.7 Å². The SMILES string of the molecule is CC(C)[C@H](NC(=O)c1ccc(CSc2nccn2C)o1)c1ccc2c(c1)OCCO2. The van der Waals surface area contributed by atoms with Crippen LogP contribution >= 0.6 is 11.8 Å². The topological polar surface area (TPSA) is 78.5 Å². The van der Waals surface area contributed by atoms with Crippen LogP contribution in [0, 0.1) is 5.92 Å². The highest BCUT2D eigenvalue weighted by atomic mass is 32.2. The van der Waals surface area contributed by atoms with Gasteiger partial charge in [0.05, 0.1) is 11.8 Å². The Hall–Kier alpha value is -2.87. The number of rotatable bonds is 7. The molecule has 1 amide bonds. The first-order chi connectivity index (χ1) is 14.5. The van der Waals surface area contributed by atoms with Crippen LogP contribution in [0.3, 0.4) is 0 Å². The van der Waals surface area contributed by atoms with Crippen LogP contribution in [0.15, 0.2) is 52.3 Å². The second-order valence-corrected chi connectivity index (χ2v) is 8.42. The highest BCUT2D eigenvalue weighted by Crippen LogP contribution is 2.34. The smallest absolute Gasteiger partial charge is 0.287 e. The minimum atomic E-state index is -0.239. The van der Waals surface area contributed by atoms with E-state index in [1.54, 1.807) is 24.0 Å². The van der Waals surface area contributed by atoms with Crippen molar-refractivity contribution >= 4 is 17.7 Å². The van der Waals surface area contributed by atoms with Gasteiger partial charge in [-0.15, -0.1) is 0 Å².